The summed E-state index contributed by atoms with van der Waals surface area (Å²) in [4.78, 5) is 11.6. The van der Waals surface area contributed by atoms with E-state index in [0.29, 0.717) is 17.2 Å². The fourth-order valence-corrected chi connectivity index (χ4v) is 2.84. The summed E-state index contributed by atoms with van der Waals surface area (Å²) in [5, 5.41) is 0. The Labute approximate surface area is 136 Å². The summed E-state index contributed by atoms with van der Waals surface area (Å²) in [6, 6.07) is 0. The normalized spacial score (nSPS) is 16.7. The van der Waals surface area contributed by atoms with Gasteiger partial charge in [-0.25, -0.2) is 0 Å². The van der Waals surface area contributed by atoms with Crippen LogP contribution in [-0.2, 0) is 9.53 Å². The van der Waals surface area contributed by atoms with Crippen LogP contribution in [0.3, 0.4) is 0 Å². The molecule has 5 nitrogen and oxygen atoms in total. The van der Waals surface area contributed by atoms with Gasteiger partial charge in [0.05, 0.1) is 14.2 Å². The fourth-order valence-electron chi connectivity index (χ4n) is 2.84. The molecular weight excluding hydrogens is 294 g/mol. The molecule has 0 saturated carbocycles. The number of hydrogen-bond acceptors (Lipinski definition) is 5. The van der Waals surface area contributed by atoms with Crippen molar-refractivity contribution in [2.45, 2.75) is 33.1 Å². The third-order valence-corrected chi connectivity index (χ3v) is 4.14. The molecular formula is C18H23NO4. The van der Waals surface area contributed by atoms with E-state index in [1.54, 1.807) is 14.2 Å². The molecule has 0 aliphatic heterocycles. The predicted octanol–water partition coefficient (Wildman–Crippen LogP) is 3.39. The lowest BCUT2D eigenvalue weighted by Gasteiger charge is -2.25. The van der Waals surface area contributed by atoms with E-state index < -0.39 is 5.97 Å². The van der Waals surface area contributed by atoms with Gasteiger partial charge in [-0.3, -0.25) is 4.79 Å². The average molecular weight is 317 g/mol. The van der Waals surface area contributed by atoms with Crippen LogP contribution in [0.4, 0.5) is 5.69 Å². The number of ether oxygens (including phenoxy) is 3. The maximum absolute atomic E-state index is 11.6. The highest BCUT2D eigenvalue weighted by molar-refractivity contribution is 5.77. The second-order valence-electron chi connectivity index (χ2n) is 5.55. The minimum absolute atomic E-state index is 0.0440. The van der Waals surface area contributed by atoms with E-state index in [0.717, 1.165) is 28.9 Å². The summed E-state index contributed by atoms with van der Waals surface area (Å²) in [6.45, 7) is 5.21. The first-order valence-corrected chi connectivity index (χ1v) is 7.47. The lowest BCUT2D eigenvalue weighted by atomic mass is 9.87. The summed E-state index contributed by atoms with van der Waals surface area (Å²) in [7, 11) is 3.18. The number of rotatable bonds is 4. The highest BCUT2D eigenvalue weighted by Gasteiger charge is 2.27. The number of allylic oxidation sites excluding steroid dienone is 3. The molecule has 0 bridgehead atoms. The molecule has 1 atom stereocenters. The highest BCUT2D eigenvalue weighted by atomic mass is 16.6. The molecule has 0 amide bonds. The van der Waals surface area contributed by atoms with Gasteiger partial charge in [0, 0.05) is 24.1 Å². The molecule has 1 aliphatic rings. The molecule has 0 heterocycles. The van der Waals surface area contributed by atoms with Crippen molar-refractivity contribution in [1.29, 1.82) is 0 Å². The SMILES string of the molecule is COC1=CC(c2c(N)c(C)c(C)c(OC)c2OC(C)=O)CC=C1. The molecule has 0 saturated heterocycles. The maximum atomic E-state index is 11.6. The van der Waals surface area contributed by atoms with Crippen molar-refractivity contribution in [3.63, 3.8) is 0 Å². The Bertz CT molecular complexity index is 689. The van der Waals surface area contributed by atoms with Gasteiger partial charge in [-0.15, -0.1) is 0 Å². The van der Waals surface area contributed by atoms with Crippen LogP contribution in [0, 0.1) is 13.8 Å². The zero-order valence-corrected chi connectivity index (χ0v) is 14.2. The number of nitrogen functional groups attached to an aromatic ring is 1. The lowest BCUT2D eigenvalue weighted by Crippen LogP contribution is -2.13. The zero-order chi connectivity index (χ0) is 17.1. The average Bonchev–Trinajstić information content (AvgIpc) is 2.53. The molecule has 1 aromatic rings. The van der Waals surface area contributed by atoms with Crippen LogP contribution in [0.15, 0.2) is 24.0 Å². The Balaban J connectivity index is 2.70. The van der Waals surface area contributed by atoms with Crippen LogP contribution < -0.4 is 15.2 Å². The van der Waals surface area contributed by atoms with Crippen molar-refractivity contribution < 1.29 is 19.0 Å². The molecule has 23 heavy (non-hydrogen) atoms. The second-order valence-corrected chi connectivity index (χ2v) is 5.55. The van der Waals surface area contributed by atoms with Crippen molar-refractivity contribution in [2.24, 2.45) is 0 Å². The quantitative estimate of drug-likeness (QED) is 0.523. The summed E-state index contributed by atoms with van der Waals surface area (Å²) in [5.41, 5.74) is 9.53. The van der Waals surface area contributed by atoms with Crippen LogP contribution >= 0.6 is 0 Å². The third kappa shape index (κ3) is 3.18. The van der Waals surface area contributed by atoms with Crippen LogP contribution in [0.5, 0.6) is 11.5 Å². The standard InChI is InChI=1S/C18H23NO4/c1-10-11(2)17(22-5)18(23-12(3)20)15(16(10)19)13-7-6-8-14(9-13)21-4/h6,8-9,13H,7,19H2,1-5H3. The van der Waals surface area contributed by atoms with Gasteiger partial charge < -0.3 is 19.9 Å². The van der Waals surface area contributed by atoms with E-state index in [1.807, 2.05) is 32.1 Å². The summed E-state index contributed by atoms with van der Waals surface area (Å²) >= 11 is 0. The van der Waals surface area contributed by atoms with E-state index >= 15 is 0 Å². The maximum Gasteiger partial charge on any atom is 0.308 e. The monoisotopic (exact) mass is 317 g/mol. The zero-order valence-electron chi connectivity index (χ0n) is 14.2. The van der Waals surface area contributed by atoms with Crippen molar-refractivity contribution in [1.82, 2.24) is 0 Å². The smallest absolute Gasteiger partial charge is 0.308 e. The van der Waals surface area contributed by atoms with E-state index in [2.05, 4.69) is 0 Å². The number of carbonyl (C=O) groups is 1. The summed E-state index contributed by atoms with van der Waals surface area (Å²) in [5.74, 6) is 1.25. The number of methoxy groups -OCH3 is 2. The largest absolute Gasteiger partial charge is 0.497 e. The van der Waals surface area contributed by atoms with Gasteiger partial charge in [0.1, 0.15) is 5.76 Å². The summed E-state index contributed by atoms with van der Waals surface area (Å²) in [6.07, 6.45) is 6.66. The van der Waals surface area contributed by atoms with E-state index in [-0.39, 0.29) is 5.92 Å². The van der Waals surface area contributed by atoms with E-state index in [4.69, 9.17) is 19.9 Å². The molecule has 1 aliphatic carbocycles. The minimum Gasteiger partial charge on any atom is -0.497 e. The molecule has 0 aromatic heterocycles. The molecule has 2 rings (SSSR count). The molecule has 2 N–H and O–H groups in total. The minimum atomic E-state index is -0.408. The molecule has 1 aromatic carbocycles. The molecule has 0 fully saturated rings. The van der Waals surface area contributed by atoms with Gasteiger partial charge >= 0.3 is 5.97 Å². The van der Waals surface area contributed by atoms with Gasteiger partial charge in [-0.2, -0.15) is 0 Å². The Morgan fingerprint density at radius 1 is 1.17 bits per heavy atom. The number of hydrogen-bond donors (Lipinski definition) is 1. The first-order chi connectivity index (χ1) is 10.9. The van der Waals surface area contributed by atoms with Gasteiger partial charge in [-0.05, 0) is 43.5 Å². The fraction of sp³-hybridized carbons (Fsp3) is 0.389. The van der Waals surface area contributed by atoms with E-state index in [9.17, 15) is 4.79 Å². The van der Waals surface area contributed by atoms with Gasteiger partial charge in [0.2, 0.25) is 0 Å². The lowest BCUT2D eigenvalue weighted by molar-refractivity contribution is -0.132. The Kier molecular flexibility index (Phi) is 4.98. The Morgan fingerprint density at radius 3 is 2.43 bits per heavy atom. The van der Waals surface area contributed by atoms with Crippen LogP contribution in [0.1, 0.15) is 36.0 Å². The van der Waals surface area contributed by atoms with Gasteiger partial charge in [0.15, 0.2) is 11.5 Å². The topological polar surface area (TPSA) is 70.8 Å². The van der Waals surface area contributed by atoms with Gasteiger partial charge in [-0.1, -0.05) is 6.08 Å². The molecule has 5 heteroatoms. The number of carbonyl (C=O) groups excluding carboxylic acids is 1. The first kappa shape index (κ1) is 16.9. The van der Waals surface area contributed by atoms with Crippen LogP contribution in [0.25, 0.3) is 0 Å². The van der Waals surface area contributed by atoms with Crippen molar-refractivity contribution >= 4 is 11.7 Å². The van der Waals surface area contributed by atoms with Crippen LogP contribution in [-0.4, -0.2) is 20.2 Å². The second kappa shape index (κ2) is 6.77. The Morgan fingerprint density at radius 2 is 1.87 bits per heavy atom. The predicted molar refractivity (Wildman–Crippen MR) is 89.8 cm³/mol. The first-order valence-electron chi connectivity index (χ1n) is 7.47. The molecule has 0 spiro atoms. The number of benzene rings is 1. The molecule has 1 unspecified atom stereocenters. The number of esters is 1. The highest BCUT2D eigenvalue weighted by Crippen LogP contribution is 2.47. The van der Waals surface area contributed by atoms with Gasteiger partial charge in [0.25, 0.3) is 0 Å². The van der Waals surface area contributed by atoms with Crippen molar-refractivity contribution in [3.05, 3.63) is 40.7 Å². The molecule has 0 radical (unpaired) electrons. The Hall–Kier alpha value is -2.43. The summed E-state index contributed by atoms with van der Waals surface area (Å²) < 4.78 is 16.3. The van der Waals surface area contributed by atoms with Crippen LogP contribution in [0.2, 0.25) is 0 Å². The number of nitrogens with two attached hydrogens (primary N) is 1. The molecule has 124 valence electrons. The van der Waals surface area contributed by atoms with E-state index in [1.165, 1.54) is 6.92 Å². The van der Waals surface area contributed by atoms with Crippen molar-refractivity contribution in [2.75, 3.05) is 20.0 Å². The third-order valence-electron chi connectivity index (χ3n) is 4.14. The van der Waals surface area contributed by atoms with Crippen molar-refractivity contribution in [3.8, 4) is 11.5 Å². The number of anilines is 1.